The summed E-state index contributed by atoms with van der Waals surface area (Å²) in [5, 5.41) is 15.6. The lowest BCUT2D eigenvalue weighted by Gasteiger charge is -2.14. The Labute approximate surface area is 163 Å². The summed E-state index contributed by atoms with van der Waals surface area (Å²) in [6.45, 7) is 1.42. The molecule has 8 heteroatoms. The Morgan fingerprint density at radius 1 is 1.00 bits per heavy atom. The minimum Gasteiger partial charge on any atom is -0.492 e. The first-order valence-electron chi connectivity index (χ1n) is 8.86. The number of hydrogen-bond donors (Lipinski definition) is 4. The van der Waals surface area contributed by atoms with Crippen molar-refractivity contribution < 1.29 is 24.2 Å². The molecular formula is C20H25N3O5. The van der Waals surface area contributed by atoms with Crippen molar-refractivity contribution in [1.29, 1.82) is 0 Å². The second kappa shape index (κ2) is 10.9. The maximum Gasteiger partial charge on any atom is 0.251 e. The van der Waals surface area contributed by atoms with Crippen LogP contribution in [-0.4, -0.2) is 56.4 Å². The van der Waals surface area contributed by atoms with Crippen LogP contribution in [0.5, 0.6) is 11.5 Å². The van der Waals surface area contributed by atoms with Crippen LogP contribution in [0.3, 0.4) is 0 Å². The van der Waals surface area contributed by atoms with Gasteiger partial charge in [-0.05, 0) is 48.5 Å². The van der Waals surface area contributed by atoms with Gasteiger partial charge >= 0.3 is 0 Å². The number of rotatable bonds is 11. The fourth-order valence-electron chi connectivity index (χ4n) is 2.32. The van der Waals surface area contributed by atoms with Gasteiger partial charge < -0.3 is 30.9 Å². The predicted octanol–water partition coefficient (Wildman–Crippen LogP) is 0.553. The first-order valence-corrected chi connectivity index (χ1v) is 8.86. The predicted molar refractivity (Wildman–Crippen MR) is 105 cm³/mol. The third-order valence-electron chi connectivity index (χ3n) is 3.85. The van der Waals surface area contributed by atoms with Crippen LogP contribution >= 0.6 is 0 Å². The number of nitrogens with one attached hydrogen (secondary N) is 2. The van der Waals surface area contributed by atoms with E-state index in [4.69, 9.17) is 15.2 Å². The number of primary amides is 1. The van der Waals surface area contributed by atoms with Crippen LogP contribution in [0.15, 0.2) is 48.5 Å². The molecule has 5 N–H and O–H groups in total. The van der Waals surface area contributed by atoms with Crippen molar-refractivity contribution in [3.05, 3.63) is 59.7 Å². The van der Waals surface area contributed by atoms with Gasteiger partial charge in [-0.15, -0.1) is 0 Å². The minimum absolute atomic E-state index is 0.127. The van der Waals surface area contributed by atoms with Gasteiger partial charge in [0.2, 0.25) is 5.91 Å². The third kappa shape index (κ3) is 6.90. The van der Waals surface area contributed by atoms with E-state index in [2.05, 4.69) is 10.6 Å². The van der Waals surface area contributed by atoms with E-state index < -0.39 is 12.0 Å². The SMILES string of the molecule is CNC(=O)c1ccc(OCC(O)CNCCOc2ccc(C(N)=O)cc2)cc1. The van der Waals surface area contributed by atoms with Crippen molar-refractivity contribution in [1.82, 2.24) is 10.6 Å². The molecule has 1 unspecified atom stereocenters. The van der Waals surface area contributed by atoms with E-state index in [1.807, 2.05) is 0 Å². The largest absolute Gasteiger partial charge is 0.492 e. The second-order valence-electron chi connectivity index (χ2n) is 6.01. The topological polar surface area (TPSA) is 123 Å². The Balaban J connectivity index is 1.60. The van der Waals surface area contributed by atoms with Crippen LogP contribution in [0.2, 0.25) is 0 Å². The van der Waals surface area contributed by atoms with E-state index in [1.165, 1.54) is 0 Å². The summed E-state index contributed by atoms with van der Waals surface area (Å²) < 4.78 is 11.0. The van der Waals surface area contributed by atoms with E-state index in [0.717, 1.165) is 0 Å². The lowest BCUT2D eigenvalue weighted by Crippen LogP contribution is -2.33. The molecule has 2 aromatic carbocycles. The van der Waals surface area contributed by atoms with Crippen LogP contribution in [-0.2, 0) is 0 Å². The lowest BCUT2D eigenvalue weighted by molar-refractivity contribution is 0.0960. The van der Waals surface area contributed by atoms with Gasteiger partial charge in [0.05, 0.1) is 0 Å². The van der Waals surface area contributed by atoms with Crippen molar-refractivity contribution in [2.24, 2.45) is 5.73 Å². The van der Waals surface area contributed by atoms with Crippen molar-refractivity contribution in [2.75, 3.05) is 33.4 Å². The molecule has 1 atom stereocenters. The number of aliphatic hydroxyl groups excluding tert-OH is 1. The van der Waals surface area contributed by atoms with E-state index >= 15 is 0 Å². The van der Waals surface area contributed by atoms with Gasteiger partial charge in [-0.2, -0.15) is 0 Å². The summed E-state index contributed by atoms with van der Waals surface area (Å²) in [6, 6.07) is 13.2. The smallest absolute Gasteiger partial charge is 0.251 e. The minimum atomic E-state index is -0.687. The zero-order valence-corrected chi connectivity index (χ0v) is 15.7. The quantitative estimate of drug-likeness (QED) is 0.418. The van der Waals surface area contributed by atoms with Gasteiger partial charge in [0.1, 0.15) is 30.8 Å². The molecule has 0 fully saturated rings. The first-order chi connectivity index (χ1) is 13.5. The maximum absolute atomic E-state index is 11.5. The highest BCUT2D eigenvalue weighted by Gasteiger charge is 2.07. The average Bonchev–Trinajstić information content (AvgIpc) is 2.72. The Kier molecular flexibility index (Phi) is 8.26. The number of amides is 2. The fourth-order valence-corrected chi connectivity index (χ4v) is 2.32. The molecule has 0 aliphatic carbocycles. The van der Waals surface area contributed by atoms with Crippen molar-refractivity contribution in [3.63, 3.8) is 0 Å². The van der Waals surface area contributed by atoms with Crippen molar-refractivity contribution >= 4 is 11.8 Å². The molecular weight excluding hydrogens is 362 g/mol. The first kappa shape index (κ1) is 21.2. The monoisotopic (exact) mass is 387 g/mol. The maximum atomic E-state index is 11.5. The zero-order chi connectivity index (χ0) is 20.4. The van der Waals surface area contributed by atoms with Crippen molar-refractivity contribution in [3.8, 4) is 11.5 Å². The highest BCUT2D eigenvalue weighted by Crippen LogP contribution is 2.13. The van der Waals surface area contributed by atoms with Gasteiger partial charge in [-0.25, -0.2) is 0 Å². The molecule has 0 aliphatic rings. The van der Waals surface area contributed by atoms with Crippen LogP contribution < -0.4 is 25.8 Å². The molecule has 150 valence electrons. The highest BCUT2D eigenvalue weighted by atomic mass is 16.5. The molecule has 0 heterocycles. The molecule has 0 aromatic heterocycles. The van der Waals surface area contributed by atoms with Gasteiger partial charge in [0.25, 0.3) is 5.91 Å². The summed E-state index contributed by atoms with van der Waals surface area (Å²) >= 11 is 0. The summed E-state index contributed by atoms with van der Waals surface area (Å²) in [5.41, 5.74) is 6.15. The Morgan fingerprint density at radius 2 is 1.57 bits per heavy atom. The molecule has 0 saturated heterocycles. The molecule has 0 radical (unpaired) electrons. The molecule has 8 nitrogen and oxygen atoms in total. The van der Waals surface area contributed by atoms with Gasteiger partial charge in [-0.3, -0.25) is 9.59 Å². The summed E-state index contributed by atoms with van der Waals surface area (Å²) in [7, 11) is 1.57. The molecule has 28 heavy (non-hydrogen) atoms. The van der Waals surface area contributed by atoms with Crippen LogP contribution in [0.4, 0.5) is 0 Å². The van der Waals surface area contributed by atoms with E-state index in [-0.39, 0.29) is 12.5 Å². The average molecular weight is 387 g/mol. The van der Waals surface area contributed by atoms with Gasteiger partial charge in [0, 0.05) is 31.3 Å². The van der Waals surface area contributed by atoms with E-state index in [1.54, 1.807) is 55.6 Å². The number of ether oxygens (including phenoxy) is 2. The molecule has 2 amide bonds. The molecule has 0 aliphatic heterocycles. The number of hydrogen-bond acceptors (Lipinski definition) is 6. The number of carbonyl (C=O) groups excluding carboxylic acids is 2. The lowest BCUT2D eigenvalue weighted by atomic mass is 10.2. The van der Waals surface area contributed by atoms with Crippen LogP contribution in [0.25, 0.3) is 0 Å². The normalized spacial score (nSPS) is 11.5. The van der Waals surface area contributed by atoms with E-state index in [0.29, 0.717) is 42.3 Å². The molecule has 2 rings (SSSR count). The molecule has 2 aromatic rings. The fraction of sp³-hybridized carbons (Fsp3) is 0.300. The Bertz CT molecular complexity index is 762. The Hall–Kier alpha value is -3.10. The highest BCUT2D eigenvalue weighted by molar-refractivity contribution is 5.94. The summed E-state index contributed by atoms with van der Waals surface area (Å²) in [5.74, 6) is 0.568. The standard InChI is InChI=1S/C20H25N3O5/c1-22-20(26)15-4-8-18(9-5-15)28-13-16(24)12-23-10-11-27-17-6-2-14(3-7-17)19(21)25/h2-9,16,23-24H,10-13H2,1H3,(H2,21,25)(H,22,26). The van der Waals surface area contributed by atoms with Gasteiger partial charge in [-0.1, -0.05) is 0 Å². The summed E-state index contributed by atoms with van der Waals surface area (Å²) in [6.07, 6.45) is -0.687. The van der Waals surface area contributed by atoms with Crippen LogP contribution in [0, 0.1) is 0 Å². The molecule has 0 saturated carbocycles. The van der Waals surface area contributed by atoms with Crippen LogP contribution in [0.1, 0.15) is 20.7 Å². The van der Waals surface area contributed by atoms with E-state index in [9.17, 15) is 14.7 Å². The number of aliphatic hydroxyl groups is 1. The zero-order valence-electron chi connectivity index (χ0n) is 15.7. The second-order valence-corrected chi connectivity index (χ2v) is 6.01. The molecule has 0 spiro atoms. The number of benzene rings is 2. The third-order valence-corrected chi connectivity index (χ3v) is 3.85. The van der Waals surface area contributed by atoms with Crippen molar-refractivity contribution in [2.45, 2.75) is 6.10 Å². The number of nitrogens with two attached hydrogens (primary N) is 1. The Morgan fingerprint density at radius 3 is 2.14 bits per heavy atom. The molecule has 0 bridgehead atoms. The summed E-state index contributed by atoms with van der Waals surface area (Å²) in [4.78, 5) is 22.5. The van der Waals surface area contributed by atoms with Gasteiger partial charge in [0.15, 0.2) is 0 Å². The number of carbonyl (C=O) groups is 2.